The van der Waals surface area contributed by atoms with Crippen molar-refractivity contribution in [2.75, 3.05) is 12.4 Å². The lowest BCUT2D eigenvalue weighted by Gasteiger charge is -2.11. The first kappa shape index (κ1) is 17.5. The highest BCUT2D eigenvalue weighted by atomic mass is 16.5. The Morgan fingerprint density at radius 1 is 0.962 bits per heavy atom. The van der Waals surface area contributed by atoms with Crippen molar-refractivity contribution in [3.05, 3.63) is 78.5 Å². The number of hydrogen-bond acceptors (Lipinski definition) is 4. The number of pyridine rings is 1. The quantitative estimate of drug-likeness (QED) is 0.685. The van der Waals surface area contributed by atoms with Crippen molar-refractivity contribution >= 4 is 11.6 Å². The Kier molecular flexibility index (Phi) is 5.83. The molecule has 0 atom stereocenters. The van der Waals surface area contributed by atoms with Gasteiger partial charge in [0.05, 0.1) is 7.11 Å². The van der Waals surface area contributed by atoms with Crippen molar-refractivity contribution < 1.29 is 14.3 Å². The first-order valence-electron chi connectivity index (χ1n) is 8.35. The molecule has 0 saturated carbocycles. The average molecular weight is 348 g/mol. The number of nitrogens with one attached hydrogen (secondary N) is 1. The molecule has 0 unspecified atom stereocenters. The Bertz CT molecular complexity index is 849. The van der Waals surface area contributed by atoms with E-state index in [1.54, 1.807) is 25.4 Å². The van der Waals surface area contributed by atoms with Crippen LogP contribution in [0.15, 0.2) is 72.9 Å². The van der Waals surface area contributed by atoms with Crippen LogP contribution in [0.4, 0.5) is 5.69 Å². The van der Waals surface area contributed by atoms with Crippen molar-refractivity contribution in [3.8, 4) is 17.4 Å². The summed E-state index contributed by atoms with van der Waals surface area (Å²) in [6.07, 6.45) is 2.64. The summed E-state index contributed by atoms with van der Waals surface area (Å²) in [6.45, 7) is 0. The van der Waals surface area contributed by atoms with Crippen LogP contribution in [0.1, 0.15) is 12.0 Å². The Balaban J connectivity index is 1.60. The number of para-hydroxylation sites is 1. The molecule has 3 rings (SSSR count). The molecular weight excluding hydrogens is 328 g/mol. The van der Waals surface area contributed by atoms with Crippen LogP contribution < -0.4 is 14.8 Å². The number of aromatic nitrogens is 1. The predicted molar refractivity (Wildman–Crippen MR) is 101 cm³/mol. The third-order valence-corrected chi connectivity index (χ3v) is 3.80. The minimum atomic E-state index is -0.0910. The van der Waals surface area contributed by atoms with Crippen molar-refractivity contribution in [2.45, 2.75) is 12.8 Å². The SMILES string of the molecule is COc1ccc(CCC(=O)Nc2cccnc2Oc2ccccc2)cc1. The van der Waals surface area contributed by atoms with Gasteiger partial charge in [-0.1, -0.05) is 30.3 Å². The maximum absolute atomic E-state index is 12.3. The summed E-state index contributed by atoms with van der Waals surface area (Å²) in [6, 6.07) is 20.6. The van der Waals surface area contributed by atoms with Crippen LogP contribution in [0.2, 0.25) is 0 Å². The summed E-state index contributed by atoms with van der Waals surface area (Å²) in [5.74, 6) is 1.75. The van der Waals surface area contributed by atoms with Gasteiger partial charge in [0.2, 0.25) is 11.8 Å². The molecule has 1 N–H and O–H groups in total. The topological polar surface area (TPSA) is 60.5 Å². The molecule has 0 aliphatic heterocycles. The van der Waals surface area contributed by atoms with Gasteiger partial charge in [0.15, 0.2) is 0 Å². The number of anilines is 1. The Hall–Kier alpha value is -3.34. The smallest absolute Gasteiger partial charge is 0.243 e. The lowest BCUT2D eigenvalue weighted by atomic mass is 10.1. The lowest BCUT2D eigenvalue weighted by molar-refractivity contribution is -0.116. The summed E-state index contributed by atoms with van der Waals surface area (Å²) < 4.78 is 10.9. The molecule has 1 aromatic heterocycles. The summed E-state index contributed by atoms with van der Waals surface area (Å²) in [5.41, 5.74) is 1.63. The number of rotatable bonds is 7. The predicted octanol–water partition coefficient (Wildman–Crippen LogP) is 4.45. The molecule has 1 amide bonds. The van der Waals surface area contributed by atoms with E-state index in [0.717, 1.165) is 11.3 Å². The van der Waals surface area contributed by atoms with Crippen LogP contribution in [0, 0.1) is 0 Å². The monoisotopic (exact) mass is 348 g/mol. The van der Waals surface area contributed by atoms with Gasteiger partial charge in [-0.25, -0.2) is 4.98 Å². The molecule has 5 nitrogen and oxygen atoms in total. The van der Waals surface area contributed by atoms with E-state index in [2.05, 4.69) is 10.3 Å². The highest BCUT2D eigenvalue weighted by Gasteiger charge is 2.10. The second-order valence-corrected chi connectivity index (χ2v) is 5.67. The molecule has 2 aromatic carbocycles. The van der Waals surface area contributed by atoms with Crippen LogP contribution in [0.5, 0.6) is 17.4 Å². The van der Waals surface area contributed by atoms with Gasteiger partial charge in [0, 0.05) is 12.6 Å². The van der Waals surface area contributed by atoms with Gasteiger partial charge >= 0.3 is 0 Å². The fourth-order valence-electron chi connectivity index (χ4n) is 2.43. The standard InChI is InChI=1S/C21H20N2O3/c1-25-17-12-9-16(10-13-17)11-14-20(24)23-19-8-5-15-22-21(19)26-18-6-3-2-4-7-18/h2-10,12-13,15H,11,14H2,1H3,(H,23,24). The largest absolute Gasteiger partial charge is 0.497 e. The van der Waals surface area contributed by atoms with Gasteiger partial charge in [-0.15, -0.1) is 0 Å². The van der Waals surface area contributed by atoms with Crippen molar-refractivity contribution in [1.29, 1.82) is 0 Å². The van der Waals surface area contributed by atoms with Gasteiger partial charge < -0.3 is 14.8 Å². The van der Waals surface area contributed by atoms with E-state index in [1.807, 2.05) is 54.6 Å². The molecule has 1 heterocycles. The van der Waals surface area contributed by atoms with E-state index in [1.165, 1.54) is 0 Å². The number of aryl methyl sites for hydroxylation is 1. The molecule has 132 valence electrons. The van der Waals surface area contributed by atoms with Crippen molar-refractivity contribution in [3.63, 3.8) is 0 Å². The maximum atomic E-state index is 12.3. The Labute approximate surface area is 152 Å². The second-order valence-electron chi connectivity index (χ2n) is 5.67. The lowest BCUT2D eigenvalue weighted by Crippen LogP contribution is -2.13. The van der Waals surface area contributed by atoms with E-state index in [9.17, 15) is 4.79 Å². The van der Waals surface area contributed by atoms with E-state index in [4.69, 9.17) is 9.47 Å². The van der Waals surface area contributed by atoms with Crippen LogP contribution in [0.25, 0.3) is 0 Å². The fourth-order valence-corrected chi connectivity index (χ4v) is 2.43. The minimum absolute atomic E-state index is 0.0910. The van der Waals surface area contributed by atoms with Crippen LogP contribution in [-0.4, -0.2) is 18.0 Å². The molecule has 0 saturated heterocycles. The number of amides is 1. The number of carbonyl (C=O) groups excluding carboxylic acids is 1. The van der Waals surface area contributed by atoms with Gasteiger partial charge in [0.1, 0.15) is 17.2 Å². The zero-order chi connectivity index (χ0) is 18.2. The molecule has 3 aromatic rings. The summed E-state index contributed by atoms with van der Waals surface area (Å²) >= 11 is 0. The van der Waals surface area contributed by atoms with Gasteiger partial charge in [-0.3, -0.25) is 4.79 Å². The zero-order valence-electron chi connectivity index (χ0n) is 14.5. The number of benzene rings is 2. The molecule has 26 heavy (non-hydrogen) atoms. The number of methoxy groups -OCH3 is 1. The number of carbonyl (C=O) groups is 1. The van der Waals surface area contributed by atoms with Crippen molar-refractivity contribution in [2.24, 2.45) is 0 Å². The summed E-state index contributed by atoms with van der Waals surface area (Å²) in [7, 11) is 1.63. The van der Waals surface area contributed by atoms with Crippen LogP contribution in [-0.2, 0) is 11.2 Å². The molecule has 5 heteroatoms. The third-order valence-electron chi connectivity index (χ3n) is 3.80. The first-order chi connectivity index (χ1) is 12.7. The number of nitrogens with zero attached hydrogens (tertiary/aromatic N) is 1. The van der Waals surface area contributed by atoms with E-state index in [-0.39, 0.29) is 5.91 Å². The van der Waals surface area contributed by atoms with Gasteiger partial charge in [-0.2, -0.15) is 0 Å². The molecule has 0 spiro atoms. The summed E-state index contributed by atoms with van der Waals surface area (Å²) in [5, 5.41) is 2.87. The molecular formula is C21H20N2O3. The third kappa shape index (κ3) is 4.83. The number of hydrogen-bond donors (Lipinski definition) is 1. The van der Waals surface area contributed by atoms with Crippen LogP contribution in [0.3, 0.4) is 0 Å². The van der Waals surface area contributed by atoms with Crippen LogP contribution >= 0.6 is 0 Å². The Morgan fingerprint density at radius 2 is 1.73 bits per heavy atom. The second kappa shape index (κ2) is 8.67. The molecule has 0 radical (unpaired) electrons. The molecule has 0 bridgehead atoms. The zero-order valence-corrected chi connectivity index (χ0v) is 14.5. The van der Waals surface area contributed by atoms with E-state index < -0.39 is 0 Å². The highest BCUT2D eigenvalue weighted by molar-refractivity contribution is 5.92. The molecule has 0 aliphatic carbocycles. The summed E-state index contributed by atoms with van der Waals surface area (Å²) in [4.78, 5) is 16.5. The van der Waals surface area contributed by atoms with Crippen molar-refractivity contribution in [1.82, 2.24) is 4.98 Å². The number of ether oxygens (including phenoxy) is 2. The molecule has 0 fully saturated rings. The minimum Gasteiger partial charge on any atom is -0.497 e. The van der Waals surface area contributed by atoms with Gasteiger partial charge in [-0.05, 0) is 48.4 Å². The first-order valence-corrected chi connectivity index (χ1v) is 8.35. The maximum Gasteiger partial charge on any atom is 0.243 e. The van der Waals surface area contributed by atoms with E-state index >= 15 is 0 Å². The normalized spacial score (nSPS) is 10.2. The highest BCUT2D eigenvalue weighted by Crippen LogP contribution is 2.26. The van der Waals surface area contributed by atoms with E-state index in [0.29, 0.717) is 30.2 Å². The Morgan fingerprint density at radius 3 is 2.46 bits per heavy atom. The fraction of sp³-hybridized carbons (Fsp3) is 0.143. The molecule has 0 aliphatic rings. The van der Waals surface area contributed by atoms with Gasteiger partial charge in [0.25, 0.3) is 0 Å². The average Bonchev–Trinajstić information content (AvgIpc) is 2.69.